The summed E-state index contributed by atoms with van der Waals surface area (Å²) >= 11 is 0. The summed E-state index contributed by atoms with van der Waals surface area (Å²) in [7, 11) is 2.11. The van der Waals surface area contributed by atoms with Crippen LogP contribution in [0.2, 0.25) is 0 Å². The van der Waals surface area contributed by atoms with E-state index in [0.29, 0.717) is 5.41 Å². The first-order valence-electron chi connectivity index (χ1n) is 6.57. The molecule has 2 rings (SSSR count). The van der Waals surface area contributed by atoms with E-state index in [1.807, 2.05) is 0 Å². The molecule has 0 spiro atoms. The molecule has 1 N–H and O–H groups in total. The van der Waals surface area contributed by atoms with Crippen LogP contribution < -0.4 is 5.32 Å². The molecule has 0 saturated heterocycles. The molecule has 2 heteroatoms. The molecule has 1 aromatic rings. The van der Waals surface area contributed by atoms with Crippen LogP contribution in [0.25, 0.3) is 0 Å². The lowest BCUT2D eigenvalue weighted by Gasteiger charge is -2.42. The van der Waals surface area contributed by atoms with Crippen molar-refractivity contribution in [3.8, 4) is 0 Å². The van der Waals surface area contributed by atoms with Crippen LogP contribution in [0, 0.1) is 5.41 Å². The fourth-order valence-corrected chi connectivity index (χ4v) is 2.86. The fourth-order valence-electron chi connectivity index (χ4n) is 2.86. The summed E-state index contributed by atoms with van der Waals surface area (Å²) in [6, 6.07) is 4.31. The number of hydrogen-bond acceptors (Lipinski definition) is 1. The van der Waals surface area contributed by atoms with Crippen molar-refractivity contribution in [1.82, 2.24) is 9.88 Å². The van der Waals surface area contributed by atoms with Crippen molar-refractivity contribution in [3.63, 3.8) is 0 Å². The minimum absolute atomic E-state index is 0.639. The Balaban J connectivity index is 1.77. The molecule has 0 atom stereocenters. The topological polar surface area (TPSA) is 17.0 Å². The van der Waals surface area contributed by atoms with Gasteiger partial charge in [0.15, 0.2) is 0 Å². The highest BCUT2D eigenvalue weighted by atomic mass is 15.0. The van der Waals surface area contributed by atoms with E-state index in [4.69, 9.17) is 0 Å². The minimum atomic E-state index is 0.639. The van der Waals surface area contributed by atoms with Gasteiger partial charge in [-0.1, -0.05) is 19.8 Å². The molecule has 0 aromatic carbocycles. The number of nitrogens with zero attached hydrogens (tertiary/aromatic N) is 1. The van der Waals surface area contributed by atoms with Gasteiger partial charge in [0, 0.05) is 32.0 Å². The maximum atomic E-state index is 3.64. The maximum absolute atomic E-state index is 3.64. The van der Waals surface area contributed by atoms with E-state index >= 15 is 0 Å². The number of aryl methyl sites for hydroxylation is 1. The Labute approximate surface area is 99.0 Å². The Morgan fingerprint density at radius 1 is 1.44 bits per heavy atom. The smallest absolute Gasteiger partial charge is 0.0359 e. The molecule has 0 unspecified atom stereocenters. The molecular formula is C14H24N2. The van der Waals surface area contributed by atoms with Gasteiger partial charge in [-0.05, 0) is 36.8 Å². The molecule has 0 amide bonds. The predicted molar refractivity (Wildman–Crippen MR) is 68.3 cm³/mol. The second-order valence-electron chi connectivity index (χ2n) is 5.32. The third-order valence-corrected chi connectivity index (χ3v) is 4.05. The van der Waals surface area contributed by atoms with Crippen LogP contribution in [0.5, 0.6) is 0 Å². The molecule has 16 heavy (non-hydrogen) atoms. The van der Waals surface area contributed by atoms with E-state index in [9.17, 15) is 0 Å². The first kappa shape index (κ1) is 11.7. The Morgan fingerprint density at radius 3 is 2.75 bits per heavy atom. The van der Waals surface area contributed by atoms with E-state index < -0.39 is 0 Å². The van der Waals surface area contributed by atoms with Crippen LogP contribution >= 0.6 is 0 Å². The van der Waals surface area contributed by atoms with Gasteiger partial charge in [-0.25, -0.2) is 0 Å². The number of aromatic nitrogens is 1. The highest BCUT2D eigenvalue weighted by molar-refractivity contribution is 5.06. The molecule has 1 aliphatic rings. The Hall–Kier alpha value is -0.760. The Bertz CT molecular complexity index is 323. The molecule has 1 heterocycles. The average Bonchev–Trinajstić information content (AvgIpc) is 2.61. The second kappa shape index (κ2) is 5.05. The summed E-state index contributed by atoms with van der Waals surface area (Å²) in [4.78, 5) is 0. The fraction of sp³-hybridized carbons (Fsp3) is 0.714. The van der Waals surface area contributed by atoms with Crippen molar-refractivity contribution in [2.75, 3.05) is 6.54 Å². The standard InChI is InChI=1S/C14H24N2/c1-3-7-14(8-5-9-14)12-15-11-13-6-4-10-16(13)2/h4,6,10,15H,3,5,7-9,11-12H2,1-2H3. The summed E-state index contributed by atoms with van der Waals surface area (Å²) in [6.45, 7) is 4.51. The van der Waals surface area contributed by atoms with Crippen LogP contribution in [0.3, 0.4) is 0 Å². The van der Waals surface area contributed by atoms with Crippen molar-refractivity contribution in [1.29, 1.82) is 0 Å². The van der Waals surface area contributed by atoms with Crippen molar-refractivity contribution in [2.24, 2.45) is 12.5 Å². The zero-order valence-electron chi connectivity index (χ0n) is 10.6. The molecule has 0 aliphatic heterocycles. The highest BCUT2D eigenvalue weighted by Crippen LogP contribution is 2.44. The molecule has 1 fully saturated rings. The van der Waals surface area contributed by atoms with Crippen LogP contribution in [0.1, 0.15) is 44.7 Å². The van der Waals surface area contributed by atoms with Gasteiger partial charge in [-0.15, -0.1) is 0 Å². The number of hydrogen-bond donors (Lipinski definition) is 1. The summed E-state index contributed by atoms with van der Waals surface area (Å²) in [6.07, 6.45) is 9.13. The third-order valence-electron chi connectivity index (χ3n) is 4.05. The first-order valence-corrected chi connectivity index (χ1v) is 6.57. The lowest BCUT2D eigenvalue weighted by atomic mass is 9.66. The van der Waals surface area contributed by atoms with E-state index in [2.05, 4.69) is 42.2 Å². The van der Waals surface area contributed by atoms with Crippen molar-refractivity contribution >= 4 is 0 Å². The lowest BCUT2D eigenvalue weighted by Crippen LogP contribution is -2.39. The van der Waals surface area contributed by atoms with E-state index in [1.54, 1.807) is 0 Å². The monoisotopic (exact) mass is 220 g/mol. The van der Waals surface area contributed by atoms with E-state index in [-0.39, 0.29) is 0 Å². The van der Waals surface area contributed by atoms with Crippen LogP contribution in [-0.2, 0) is 13.6 Å². The molecular weight excluding hydrogens is 196 g/mol. The van der Waals surface area contributed by atoms with Crippen molar-refractivity contribution in [2.45, 2.75) is 45.6 Å². The van der Waals surface area contributed by atoms with Gasteiger partial charge >= 0.3 is 0 Å². The number of nitrogens with one attached hydrogen (secondary N) is 1. The van der Waals surface area contributed by atoms with Crippen LogP contribution in [0.15, 0.2) is 18.3 Å². The van der Waals surface area contributed by atoms with Gasteiger partial charge in [-0.2, -0.15) is 0 Å². The maximum Gasteiger partial charge on any atom is 0.0359 e. The molecule has 2 nitrogen and oxygen atoms in total. The normalized spacial score (nSPS) is 18.4. The molecule has 0 radical (unpaired) electrons. The predicted octanol–water partition coefficient (Wildman–Crippen LogP) is 3.09. The lowest BCUT2D eigenvalue weighted by molar-refractivity contribution is 0.115. The Morgan fingerprint density at radius 2 is 2.25 bits per heavy atom. The molecule has 1 saturated carbocycles. The summed E-state index contributed by atoms with van der Waals surface area (Å²) in [5, 5.41) is 3.64. The van der Waals surface area contributed by atoms with Crippen LogP contribution in [0.4, 0.5) is 0 Å². The van der Waals surface area contributed by atoms with Gasteiger partial charge in [0.25, 0.3) is 0 Å². The highest BCUT2D eigenvalue weighted by Gasteiger charge is 2.35. The summed E-state index contributed by atoms with van der Waals surface area (Å²) in [5.41, 5.74) is 2.02. The van der Waals surface area contributed by atoms with E-state index in [1.165, 1.54) is 44.3 Å². The molecule has 90 valence electrons. The minimum Gasteiger partial charge on any atom is -0.353 e. The molecule has 1 aromatic heterocycles. The SMILES string of the molecule is CCCC1(CNCc2cccn2C)CCC1. The zero-order valence-corrected chi connectivity index (χ0v) is 10.6. The van der Waals surface area contributed by atoms with Crippen LogP contribution in [-0.4, -0.2) is 11.1 Å². The second-order valence-corrected chi connectivity index (χ2v) is 5.32. The van der Waals surface area contributed by atoms with Gasteiger partial charge in [0.1, 0.15) is 0 Å². The molecule has 0 bridgehead atoms. The average molecular weight is 220 g/mol. The number of rotatable bonds is 6. The van der Waals surface area contributed by atoms with Gasteiger partial charge < -0.3 is 9.88 Å². The van der Waals surface area contributed by atoms with Gasteiger partial charge in [0.05, 0.1) is 0 Å². The third kappa shape index (κ3) is 2.49. The summed E-state index contributed by atoms with van der Waals surface area (Å²) < 4.78 is 2.19. The van der Waals surface area contributed by atoms with Gasteiger partial charge in [-0.3, -0.25) is 0 Å². The largest absolute Gasteiger partial charge is 0.353 e. The van der Waals surface area contributed by atoms with Crippen molar-refractivity contribution in [3.05, 3.63) is 24.0 Å². The first-order chi connectivity index (χ1) is 7.76. The zero-order chi connectivity index (χ0) is 11.4. The quantitative estimate of drug-likeness (QED) is 0.779. The molecule has 1 aliphatic carbocycles. The summed E-state index contributed by atoms with van der Waals surface area (Å²) in [5.74, 6) is 0. The van der Waals surface area contributed by atoms with E-state index in [0.717, 1.165) is 6.54 Å². The van der Waals surface area contributed by atoms with Crippen molar-refractivity contribution < 1.29 is 0 Å². The Kier molecular flexibility index (Phi) is 3.70. The van der Waals surface area contributed by atoms with Gasteiger partial charge in [0.2, 0.25) is 0 Å².